The zero-order valence-corrected chi connectivity index (χ0v) is 20.8. The van der Waals surface area contributed by atoms with E-state index in [9.17, 15) is 4.79 Å². The Morgan fingerprint density at radius 3 is 2.00 bits per heavy atom. The van der Waals surface area contributed by atoms with Gasteiger partial charge in [0.1, 0.15) is 11.5 Å². The maximum absolute atomic E-state index is 13.0. The van der Waals surface area contributed by atoms with Crippen LogP contribution in [-0.2, 0) is 0 Å². The van der Waals surface area contributed by atoms with Crippen LogP contribution in [0.15, 0.2) is 72.8 Å². The van der Waals surface area contributed by atoms with Crippen molar-refractivity contribution in [2.75, 3.05) is 13.1 Å². The summed E-state index contributed by atoms with van der Waals surface area (Å²) >= 11 is 0. The van der Waals surface area contributed by atoms with Gasteiger partial charge >= 0.3 is 0 Å². The average Bonchev–Trinajstić information content (AvgIpc) is 2.82. The fourth-order valence-corrected chi connectivity index (χ4v) is 3.84. The third kappa shape index (κ3) is 5.58. The molecule has 0 amide bonds. The van der Waals surface area contributed by atoms with Gasteiger partial charge in [-0.15, -0.1) is 12.4 Å². The third-order valence-corrected chi connectivity index (χ3v) is 5.65. The molecule has 0 heterocycles. The highest BCUT2D eigenvalue weighted by atomic mass is 35.5. The van der Waals surface area contributed by atoms with Crippen molar-refractivity contribution in [3.63, 3.8) is 0 Å². The highest BCUT2D eigenvalue weighted by Crippen LogP contribution is 2.43. The van der Waals surface area contributed by atoms with E-state index in [0.717, 1.165) is 39.8 Å². The van der Waals surface area contributed by atoms with Crippen LogP contribution in [0.25, 0.3) is 10.8 Å². The number of Topliss-reactive ketones (excluding diaryl/α,β-unsaturated/α-hetero) is 1. The number of hydrogen-bond donors (Lipinski definition) is 1. The predicted octanol–water partition coefficient (Wildman–Crippen LogP) is 7.56. The largest absolute Gasteiger partial charge is 0.453 e. The lowest BCUT2D eigenvalue weighted by atomic mass is 9.96. The molecule has 0 bridgehead atoms. The molecule has 176 valence electrons. The third-order valence-electron chi connectivity index (χ3n) is 5.65. The first-order chi connectivity index (χ1) is 16.0. The van der Waals surface area contributed by atoms with E-state index in [0.29, 0.717) is 29.4 Å². The second kappa shape index (κ2) is 11.2. The van der Waals surface area contributed by atoms with Crippen molar-refractivity contribution < 1.29 is 14.3 Å². The number of likely N-dealkylation sites (N-methyl/N-ethyl adjacent to an activating group) is 1. The summed E-state index contributed by atoms with van der Waals surface area (Å²) in [5.74, 6) is 2.72. The molecule has 0 aromatic heterocycles. The Morgan fingerprint density at radius 2 is 1.41 bits per heavy atom. The number of carbonyl (C=O) groups is 1. The number of aryl methyl sites for hydroxylation is 3. The molecule has 0 aliphatic rings. The van der Waals surface area contributed by atoms with Gasteiger partial charge in [0, 0.05) is 11.1 Å². The summed E-state index contributed by atoms with van der Waals surface area (Å²) in [4.78, 5) is 13.0. The molecular formula is C29H30ClNO3. The maximum atomic E-state index is 13.0. The van der Waals surface area contributed by atoms with Gasteiger partial charge in [0.25, 0.3) is 0 Å². The fraction of sp³-hybridized carbons (Fsp3) is 0.207. The van der Waals surface area contributed by atoms with Crippen LogP contribution < -0.4 is 14.8 Å². The molecule has 4 nitrogen and oxygen atoms in total. The maximum Gasteiger partial charge on any atom is 0.177 e. The van der Waals surface area contributed by atoms with E-state index in [-0.39, 0.29) is 18.2 Å². The Balaban J connectivity index is 0.00000324. The Hall–Kier alpha value is -3.34. The normalized spacial score (nSPS) is 10.6. The molecule has 0 saturated carbocycles. The van der Waals surface area contributed by atoms with Crippen molar-refractivity contribution in [2.24, 2.45) is 0 Å². The minimum absolute atomic E-state index is 0. The minimum atomic E-state index is 0. The Labute approximate surface area is 207 Å². The summed E-state index contributed by atoms with van der Waals surface area (Å²) in [6.45, 7) is 9.10. The summed E-state index contributed by atoms with van der Waals surface area (Å²) in [7, 11) is 0. The number of halogens is 1. The molecule has 4 aromatic carbocycles. The molecule has 34 heavy (non-hydrogen) atoms. The Morgan fingerprint density at radius 1 is 0.824 bits per heavy atom. The van der Waals surface area contributed by atoms with Gasteiger partial charge in [-0.2, -0.15) is 0 Å². The first-order valence-electron chi connectivity index (χ1n) is 11.3. The lowest BCUT2D eigenvalue weighted by Gasteiger charge is -2.18. The van der Waals surface area contributed by atoms with Gasteiger partial charge in [-0.1, -0.05) is 60.5 Å². The predicted molar refractivity (Wildman–Crippen MR) is 141 cm³/mol. The van der Waals surface area contributed by atoms with Gasteiger partial charge in [0.15, 0.2) is 17.3 Å². The number of ketones is 1. The van der Waals surface area contributed by atoms with Crippen molar-refractivity contribution in [1.29, 1.82) is 0 Å². The number of carbonyl (C=O) groups excluding carboxylic acids is 1. The molecule has 4 aromatic rings. The standard InChI is InChI=1S/C29H29NO3.ClH/c1-5-30-18-26(31)25-8-6-7-22-17-27(32-23-13-9-19(2)10-14-23)29(21(4)28(22)25)33-24-15-11-20(3)12-16-24;/h6-17,30H,5,18H2,1-4H3;1H. The number of ether oxygens (including phenoxy) is 2. The lowest BCUT2D eigenvalue weighted by Crippen LogP contribution is -2.22. The lowest BCUT2D eigenvalue weighted by molar-refractivity contribution is 0.0993. The first kappa shape index (κ1) is 25.3. The van der Waals surface area contributed by atoms with Crippen molar-refractivity contribution in [2.45, 2.75) is 27.7 Å². The Kier molecular flexibility index (Phi) is 8.32. The molecule has 5 heteroatoms. The number of rotatable bonds is 8. The molecule has 0 unspecified atom stereocenters. The first-order valence-corrected chi connectivity index (χ1v) is 11.3. The quantitative estimate of drug-likeness (QED) is 0.267. The topological polar surface area (TPSA) is 47.6 Å². The summed E-state index contributed by atoms with van der Waals surface area (Å²) in [5.41, 5.74) is 3.87. The number of nitrogens with one attached hydrogen (secondary N) is 1. The van der Waals surface area contributed by atoms with Crippen LogP contribution in [0, 0.1) is 20.8 Å². The van der Waals surface area contributed by atoms with E-state index < -0.39 is 0 Å². The molecule has 0 aliphatic carbocycles. The summed E-state index contributed by atoms with van der Waals surface area (Å²) in [6.07, 6.45) is 0. The van der Waals surface area contributed by atoms with E-state index in [1.807, 2.05) is 100 Å². The van der Waals surface area contributed by atoms with E-state index in [2.05, 4.69) is 5.32 Å². The van der Waals surface area contributed by atoms with Crippen LogP contribution in [0.2, 0.25) is 0 Å². The van der Waals surface area contributed by atoms with Gasteiger partial charge in [-0.25, -0.2) is 0 Å². The summed E-state index contributed by atoms with van der Waals surface area (Å²) in [5, 5.41) is 4.96. The summed E-state index contributed by atoms with van der Waals surface area (Å²) in [6, 6.07) is 23.6. The van der Waals surface area contributed by atoms with Crippen LogP contribution in [0.5, 0.6) is 23.0 Å². The molecule has 0 fully saturated rings. The summed E-state index contributed by atoms with van der Waals surface area (Å²) < 4.78 is 12.7. The van der Waals surface area contributed by atoms with Crippen molar-refractivity contribution in [3.05, 3.63) is 95.1 Å². The molecule has 0 aliphatic heterocycles. The molecule has 0 radical (unpaired) electrons. The second-order valence-electron chi connectivity index (χ2n) is 8.27. The highest BCUT2D eigenvalue weighted by Gasteiger charge is 2.19. The number of benzene rings is 4. The molecule has 0 atom stereocenters. The smallest absolute Gasteiger partial charge is 0.177 e. The van der Waals surface area contributed by atoms with Crippen LogP contribution >= 0.6 is 12.4 Å². The number of hydrogen-bond acceptors (Lipinski definition) is 4. The molecule has 0 saturated heterocycles. The molecule has 0 spiro atoms. The molecular weight excluding hydrogens is 446 g/mol. The van der Waals surface area contributed by atoms with E-state index in [4.69, 9.17) is 9.47 Å². The molecule has 4 rings (SSSR count). The van der Waals surface area contributed by atoms with Gasteiger partial charge < -0.3 is 14.8 Å². The second-order valence-corrected chi connectivity index (χ2v) is 8.27. The zero-order chi connectivity index (χ0) is 23.4. The van der Waals surface area contributed by atoms with Crippen LogP contribution in [0.1, 0.15) is 34.0 Å². The van der Waals surface area contributed by atoms with Gasteiger partial charge in [-0.3, -0.25) is 4.79 Å². The zero-order valence-electron chi connectivity index (χ0n) is 20.0. The minimum Gasteiger partial charge on any atom is -0.453 e. The SMILES string of the molecule is CCNCC(=O)c1cccc2cc(Oc3ccc(C)cc3)c(Oc3ccc(C)cc3)c(C)c12.Cl. The highest BCUT2D eigenvalue weighted by molar-refractivity contribution is 6.11. The number of fused-ring (bicyclic) bond motifs is 1. The van der Waals surface area contributed by atoms with Crippen LogP contribution in [0.4, 0.5) is 0 Å². The Bertz CT molecular complexity index is 1280. The van der Waals surface area contributed by atoms with Crippen LogP contribution in [-0.4, -0.2) is 18.9 Å². The van der Waals surface area contributed by atoms with Gasteiger partial charge in [0.05, 0.1) is 6.54 Å². The monoisotopic (exact) mass is 475 g/mol. The van der Waals surface area contributed by atoms with Crippen molar-refractivity contribution in [1.82, 2.24) is 5.32 Å². The fourth-order valence-electron chi connectivity index (χ4n) is 3.84. The average molecular weight is 476 g/mol. The van der Waals surface area contributed by atoms with Gasteiger partial charge in [0.2, 0.25) is 0 Å². The van der Waals surface area contributed by atoms with Crippen LogP contribution in [0.3, 0.4) is 0 Å². The van der Waals surface area contributed by atoms with E-state index >= 15 is 0 Å². The molecule has 1 N–H and O–H groups in total. The van der Waals surface area contributed by atoms with E-state index in [1.54, 1.807) is 0 Å². The van der Waals surface area contributed by atoms with Crippen molar-refractivity contribution >= 4 is 29.0 Å². The van der Waals surface area contributed by atoms with Crippen molar-refractivity contribution in [3.8, 4) is 23.0 Å². The van der Waals surface area contributed by atoms with Gasteiger partial charge in [-0.05, 0) is 68.4 Å². The van der Waals surface area contributed by atoms with E-state index in [1.165, 1.54) is 0 Å².